The molecule has 1 aromatic heterocycles. The van der Waals surface area contributed by atoms with Crippen molar-refractivity contribution in [2.75, 3.05) is 13.1 Å². The maximum absolute atomic E-state index is 5.88. The number of aromatic amines is 1. The van der Waals surface area contributed by atoms with Crippen LogP contribution in [0.1, 0.15) is 17.7 Å². The molecule has 3 nitrogen and oxygen atoms in total. The molecule has 13 heavy (non-hydrogen) atoms. The number of ether oxygens (including phenoxy) is 1. The first kappa shape index (κ1) is 8.63. The van der Waals surface area contributed by atoms with E-state index in [1.807, 2.05) is 13.1 Å². The van der Waals surface area contributed by atoms with Gasteiger partial charge in [0.2, 0.25) is 0 Å². The molecule has 1 fully saturated rings. The lowest BCUT2D eigenvalue weighted by Crippen LogP contribution is -2.20. The summed E-state index contributed by atoms with van der Waals surface area (Å²) >= 11 is 0. The van der Waals surface area contributed by atoms with Crippen molar-refractivity contribution in [2.24, 2.45) is 0 Å². The van der Waals surface area contributed by atoms with Crippen LogP contribution in [0, 0.1) is 13.8 Å². The van der Waals surface area contributed by atoms with Gasteiger partial charge in [-0.05, 0) is 26.8 Å². The molecule has 0 saturated carbocycles. The summed E-state index contributed by atoms with van der Waals surface area (Å²) in [6.07, 6.45) is 3.46. The normalized spacial score (nSPS) is 22.2. The SMILES string of the molecule is Cc1c[nH]c(C)c1OC1CCNC1. The first-order valence-electron chi connectivity index (χ1n) is 4.79. The molecule has 1 aliphatic heterocycles. The first-order chi connectivity index (χ1) is 6.27. The minimum absolute atomic E-state index is 0.355. The third kappa shape index (κ3) is 1.70. The molecule has 2 N–H and O–H groups in total. The van der Waals surface area contributed by atoms with Crippen molar-refractivity contribution in [3.8, 4) is 5.75 Å². The van der Waals surface area contributed by atoms with E-state index < -0.39 is 0 Å². The highest BCUT2D eigenvalue weighted by atomic mass is 16.5. The fourth-order valence-electron chi connectivity index (χ4n) is 1.72. The molecule has 0 bridgehead atoms. The Morgan fingerprint density at radius 3 is 2.85 bits per heavy atom. The summed E-state index contributed by atoms with van der Waals surface area (Å²) in [4.78, 5) is 3.17. The molecular weight excluding hydrogens is 164 g/mol. The van der Waals surface area contributed by atoms with Gasteiger partial charge in [0.05, 0.1) is 5.69 Å². The molecule has 0 amide bonds. The van der Waals surface area contributed by atoms with Gasteiger partial charge in [-0.2, -0.15) is 0 Å². The summed E-state index contributed by atoms with van der Waals surface area (Å²) in [6, 6.07) is 0. The average Bonchev–Trinajstić information content (AvgIpc) is 2.70. The predicted molar refractivity (Wildman–Crippen MR) is 52.2 cm³/mol. The Labute approximate surface area is 78.5 Å². The Hall–Kier alpha value is -0.960. The molecule has 1 aromatic rings. The molecule has 2 heterocycles. The molecule has 0 aromatic carbocycles. The van der Waals surface area contributed by atoms with Crippen molar-refractivity contribution in [1.29, 1.82) is 0 Å². The molecule has 1 unspecified atom stereocenters. The largest absolute Gasteiger partial charge is 0.487 e. The topological polar surface area (TPSA) is 37.0 Å². The third-order valence-electron chi connectivity index (χ3n) is 2.50. The number of aryl methyl sites for hydroxylation is 2. The lowest BCUT2D eigenvalue weighted by atomic mass is 10.3. The van der Waals surface area contributed by atoms with Crippen LogP contribution >= 0.6 is 0 Å². The Morgan fingerprint density at radius 1 is 1.46 bits per heavy atom. The standard InChI is InChI=1S/C10H16N2O/c1-7-5-12-8(2)10(7)13-9-3-4-11-6-9/h5,9,11-12H,3-4,6H2,1-2H3. The Morgan fingerprint density at radius 2 is 2.31 bits per heavy atom. The van der Waals surface area contributed by atoms with Gasteiger partial charge >= 0.3 is 0 Å². The Kier molecular flexibility index (Phi) is 2.27. The number of nitrogens with one attached hydrogen (secondary N) is 2. The molecule has 72 valence electrons. The molecule has 1 atom stereocenters. The number of hydrogen-bond donors (Lipinski definition) is 2. The fourth-order valence-corrected chi connectivity index (χ4v) is 1.72. The lowest BCUT2D eigenvalue weighted by molar-refractivity contribution is 0.220. The van der Waals surface area contributed by atoms with Gasteiger partial charge in [-0.3, -0.25) is 0 Å². The van der Waals surface area contributed by atoms with Crippen LogP contribution in [0.4, 0.5) is 0 Å². The maximum Gasteiger partial charge on any atom is 0.143 e. The van der Waals surface area contributed by atoms with E-state index in [0.29, 0.717) is 6.10 Å². The second kappa shape index (κ2) is 3.42. The van der Waals surface area contributed by atoms with Crippen LogP contribution in [0.5, 0.6) is 5.75 Å². The molecule has 1 aliphatic rings. The van der Waals surface area contributed by atoms with Crippen molar-refractivity contribution >= 4 is 0 Å². The van der Waals surface area contributed by atoms with E-state index in [1.54, 1.807) is 0 Å². The van der Waals surface area contributed by atoms with E-state index in [9.17, 15) is 0 Å². The number of rotatable bonds is 2. The summed E-state index contributed by atoms with van der Waals surface area (Å²) in [6.45, 7) is 6.17. The van der Waals surface area contributed by atoms with Crippen LogP contribution in [0.25, 0.3) is 0 Å². The molecule has 1 saturated heterocycles. The minimum atomic E-state index is 0.355. The van der Waals surface area contributed by atoms with Gasteiger partial charge in [0.25, 0.3) is 0 Å². The van der Waals surface area contributed by atoms with Gasteiger partial charge in [-0.1, -0.05) is 0 Å². The van der Waals surface area contributed by atoms with Gasteiger partial charge < -0.3 is 15.0 Å². The molecular formula is C10H16N2O. The second-order valence-electron chi connectivity index (χ2n) is 3.66. The van der Waals surface area contributed by atoms with E-state index >= 15 is 0 Å². The van der Waals surface area contributed by atoms with Crippen LogP contribution in [-0.4, -0.2) is 24.2 Å². The van der Waals surface area contributed by atoms with Crippen molar-refractivity contribution in [3.05, 3.63) is 17.5 Å². The van der Waals surface area contributed by atoms with Gasteiger partial charge in [0.1, 0.15) is 11.9 Å². The van der Waals surface area contributed by atoms with Crippen molar-refractivity contribution in [2.45, 2.75) is 26.4 Å². The first-order valence-corrected chi connectivity index (χ1v) is 4.79. The highest BCUT2D eigenvalue weighted by molar-refractivity contribution is 5.36. The van der Waals surface area contributed by atoms with Crippen LogP contribution < -0.4 is 10.1 Å². The van der Waals surface area contributed by atoms with Crippen LogP contribution in [0.2, 0.25) is 0 Å². The summed E-state index contributed by atoms with van der Waals surface area (Å²) in [5, 5.41) is 3.29. The van der Waals surface area contributed by atoms with Gasteiger partial charge in [-0.15, -0.1) is 0 Å². The molecule has 2 rings (SSSR count). The quantitative estimate of drug-likeness (QED) is 0.721. The summed E-state index contributed by atoms with van der Waals surface area (Å²) in [7, 11) is 0. The number of aromatic nitrogens is 1. The number of hydrogen-bond acceptors (Lipinski definition) is 2. The van der Waals surface area contributed by atoms with E-state index in [0.717, 1.165) is 31.0 Å². The minimum Gasteiger partial charge on any atom is -0.487 e. The zero-order chi connectivity index (χ0) is 9.26. The molecule has 0 aliphatic carbocycles. The smallest absolute Gasteiger partial charge is 0.143 e. The second-order valence-corrected chi connectivity index (χ2v) is 3.66. The van der Waals surface area contributed by atoms with E-state index in [4.69, 9.17) is 4.74 Å². The highest BCUT2D eigenvalue weighted by Crippen LogP contribution is 2.24. The van der Waals surface area contributed by atoms with Crippen LogP contribution in [-0.2, 0) is 0 Å². The summed E-state index contributed by atoms with van der Waals surface area (Å²) < 4.78 is 5.88. The van der Waals surface area contributed by atoms with Crippen molar-refractivity contribution in [1.82, 2.24) is 10.3 Å². The highest BCUT2D eigenvalue weighted by Gasteiger charge is 2.18. The van der Waals surface area contributed by atoms with Crippen LogP contribution in [0.3, 0.4) is 0 Å². The van der Waals surface area contributed by atoms with Crippen LogP contribution in [0.15, 0.2) is 6.20 Å². The zero-order valence-electron chi connectivity index (χ0n) is 8.18. The van der Waals surface area contributed by atoms with E-state index in [2.05, 4.69) is 17.2 Å². The van der Waals surface area contributed by atoms with Gasteiger partial charge in [0.15, 0.2) is 0 Å². The van der Waals surface area contributed by atoms with E-state index in [1.165, 1.54) is 5.56 Å². The molecule has 3 heteroatoms. The third-order valence-corrected chi connectivity index (χ3v) is 2.50. The average molecular weight is 180 g/mol. The summed E-state index contributed by atoms with van der Waals surface area (Å²) in [5.74, 6) is 1.04. The predicted octanol–water partition coefficient (Wildman–Crippen LogP) is 1.37. The van der Waals surface area contributed by atoms with Crippen molar-refractivity contribution in [3.63, 3.8) is 0 Å². The van der Waals surface area contributed by atoms with Gasteiger partial charge in [-0.25, -0.2) is 0 Å². The zero-order valence-corrected chi connectivity index (χ0v) is 8.18. The molecule has 0 spiro atoms. The van der Waals surface area contributed by atoms with Gasteiger partial charge in [0, 0.05) is 18.3 Å². The molecule has 0 radical (unpaired) electrons. The monoisotopic (exact) mass is 180 g/mol. The Balaban J connectivity index is 2.07. The lowest BCUT2D eigenvalue weighted by Gasteiger charge is -2.12. The Bertz CT molecular complexity index is 268. The maximum atomic E-state index is 5.88. The van der Waals surface area contributed by atoms with Crippen molar-refractivity contribution < 1.29 is 4.74 Å². The summed E-state index contributed by atoms with van der Waals surface area (Å²) in [5.41, 5.74) is 2.33. The number of H-pyrrole nitrogens is 1. The van der Waals surface area contributed by atoms with E-state index in [-0.39, 0.29) is 0 Å². The fraction of sp³-hybridized carbons (Fsp3) is 0.600.